The van der Waals surface area contributed by atoms with Crippen LogP contribution in [0.1, 0.15) is 27.9 Å². The number of hydrogen-bond acceptors (Lipinski definition) is 4. The van der Waals surface area contributed by atoms with E-state index in [0.717, 1.165) is 13.1 Å². The van der Waals surface area contributed by atoms with Crippen molar-refractivity contribution in [3.05, 3.63) is 46.0 Å². The van der Waals surface area contributed by atoms with E-state index in [1.807, 2.05) is 11.4 Å². The number of furan rings is 1. The first kappa shape index (κ1) is 12.9. The average molecular weight is 265 g/mol. The summed E-state index contributed by atoms with van der Waals surface area (Å²) < 4.78 is 5.26. The van der Waals surface area contributed by atoms with Gasteiger partial charge in [0.2, 0.25) is 0 Å². The SMILES string of the molecule is CCN(Cc1cccs1)Cc1occc1C(=O)O. The Morgan fingerprint density at radius 3 is 2.89 bits per heavy atom. The first-order chi connectivity index (χ1) is 8.70. The van der Waals surface area contributed by atoms with Crippen LogP contribution in [0, 0.1) is 0 Å². The minimum Gasteiger partial charge on any atom is -0.478 e. The van der Waals surface area contributed by atoms with Crippen LogP contribution >= 0.6 is 11.3 Å². The molecule has 0 bridgehead atoms. The highest BCUT2D eigenvalue weighted by Gasteiger charge is 2.16. The van der Waals surface area contributed by atoms with E-state index < -0.39 is 5.97 Å². The number of rotatable bonds is 6. The predicted molar refractivity (Wildman–Crippen MR) is 69.8 cm³/mol. The lowest BCUT2D eigenvalue weighted by Gasteiger charge is -2.18. The Bertz CT molecular complexity index is 504. The smallest absolute Gasteiger partial charge is 0.339 e. The maximum atomic E-state index is 11.0. The summed E-state index contributed by atoms with van der Waals surface area (Å²) in [6.07, 6.45) is 1.43. The van der Waals surface area contributed by atoms with Gasteiger partial charge < -0.3 is 9.52 Å². The average Bonchev–Trinajstić information content (AvgIpc) is 2.98. The topological polar surface area (TPSA) is 53.7 Å². The second-order valence-electron chi connectivity index (χ2n) is 3.95. The number of carboxylic acids is 1. The van der Waals surface area contributed by atoms with Crippen molar-refractivity contribution in [2.45, 2.75) is 20.0 Å². The summed E-state index contributed by atoms with van der Waals surface area (Å²) in [6, 6.07) is 5.59. The van der Waals surface area contributed by atoms with Crippen molar-refractivity contribution in [3.8, 4) is 0 Å². The monoisotopic (exact) mass is 265 g/mol. The molecule has 0 saturated carbocycles. The highest BCUT2D eigenvalue weighted by molar-refractivity contribution is 7.09. The summed E-state index contributed by atoms with van der Waals surface area (Å²) in [5.74, 6) is -0.424. The first-order valence-corrected chi connectivity index (χ1v) is 6.63. The molecule has 0 aromatic carbocycles. The third-order valence-electron chi connectivity index (χ3n) is 2.75. The zero-order valence-corrected chi connectivity index (χ0v) is 10.9. The Morgan fingerprint density at radius 2 is 2.28 bits per heavy atom. The van der Waals surface area contributed by atoms with Crippen molar-refractivity contribution in [1.82, 2.24) is 4.90 Å². The van der Waals surface area contributed by atoms with Gasteiger partial charge in [0.1, 0.15) is 11.3 Å². The van der Waals surface area contributed by atoms with E-state index in [1.54, 1.807) is 11.3 Å². The quantitative estimate of drug-likeness (QED) is 0.872. The maximum absolute atomic E-state index is 11.0. The molecule has 0 aliphatic rings. The van der Waals surface area contributed by atoms with Crippen molar-refractivity contribution >= 4 is 17.3 Å². The van der Waals surface area contributed by atoms with Crippen LogP contribution in [0.3, 0.4) is 0 Å². The molecule has 0 fully saturated rings. The standard InChI is InChI=1S/C13H15NO3S/c1-2-14(8-10-4-3-7-18-10)9-12-11(13(15)16)5-6-17-12/h3-7H,2,8-9H2,1H3,(H,15,16). The molecule has 2 heterocycles. The summed E-state index contributed by atoms with van der Waals surface area (Å²) in [4.78, 5) is 14.4. The van der Waals surface area contributed by atoms with E-state index >= 15 is 0 Å². The fraction of sp³-hybridized carbons (Fsp3) is 0.308. The number of hydrogen-bond donors (Lipinski definition) is 1. The molecule has 0 saturated heterocycles. The van der Waals surface area contributed by atoms with Crippen LogP contribution < -0.4 is 0 Å². The maximum Gasteiger partial charge on any atom is 0.339 e. The van der Waals surface area contributed by atoms with Gasteiger partial charge in [-0.3, -0.25) is 4.90 Å². The fourth-order valence-electron chi connectivity index (χ4n) is 1.76. The van der Waals surface area contributed by atoms with E-state index in [4.69, 9.17) is 9.52 Å². The molecular weight excluding hydrogens is 250 g/mol. The van der Waals surface area contributed by atoms with Gasteiger partial charge in [0.15, 0.2) is 0 Å². The Labute approximate surface area is 109 Å². The molecule has 2 rings (SSSR count). The largest absolute Gasteiger partial charge is 0.478 e. The van der Waals surface area contributed by atoms with Gasteiger partial charge in [-0.15, -0.1) is 11.3 Å². The van der Waals surface area contributed by atoms with Gasteiger partial charge in [-0.25, -0.2) is 4.79 Å². The van der Waals surface area contributed by atoms with Crippen LogP contribution in [0.4, 0.5) is 0 Å². The lowest BCUT2D eigenvalue weighted by molar-refractivity contribution is 0.0692. The molecular formula is C13H15NO3S. The second-order valence-corrected chi connectivity index (χ2v) is 4.98. The van der Waals surface area contributed by atoms with Crippen LogP contribution in [0.5, 0.6) is 0 Å². The predicted octanol–water partition coefficient (Wildman–Crippen LogP) is 3.06. The molecule has 5 heteroatoms. The van der Waals surface area contributed by atoms with Gasteiger partial charge in [0.05, 0.1) is 12.8 Å². The highest BCUT2D eigenvalue weighted by Crippen LogP contribution is 2.17. The zero-order valence-electron chi connectivity index (χ0n) is 10.1. The Morgan fingerprint density at radius 1 is 1.44 bits per heavy atom. The number of carboxylic acid groups (broad SMARTS) is 1. The van der Waals surface area contributed by atoms with E-state index in [9.17, 15) is 4.79 Å². The third kappa shape index (κ3) is 3.00. The van der Waals surface area contributed by atoms with E-state index in [-0.39, 0.29) is 5.56 Å². The van der Waals surface area contributed by atoms with Gasteiger partial charge in [-0.05, 0) is 24.1 Å². The highest BCUT2D eigenvalue weighted by atomic mass is 32.1. The number of aromatic carboxylic acids is 1. The minimum atomic E-state index is -0.939. The van der Waals surface area contributed by atoms with Gasteiger partial charge in [-0.2, -0.15) is 0 Å². The molecule has 0 atom stereocenters. The van der Waals surface area contributed by atoms with Crippen molar-refractivity contribution in [1.29, 1.82) is 0 Å². The summed E-state index contributed by atoms with van der Waals surface area (Å²) in [6.45, 7) is 4.23. The first-order valence-electron chi connectivity index (χ1n) is 5.75. The molecule has 2 aromatic rings. The molecule has 18 heavy (non-hydrogen) atoms. The lowest BCUT2D eigenvalue weighted by atomic mass is 10.2. The van der Waals surface area contributed by atoms with Crippen molar-refractivity contribution in [3.63, 3.8) is 0 Å². The Hall–Kier alpha value is -1.59. The summed E-state index contributed by atoms with van der Waals surface area (Å²) >= 11 is 1.70. The molecule has 0 aliphatic carbocycles. The van der Waals surface area contributed by atoms with Crippen LogP contribution in [-0.2, 0) is 13.1 Å². The Balaban J connectivity index is 2.06. The van der Waals surface area contributed by atoms with Crippen molar-refractivity contribution < 1.29 is 14.3 Å². The molecule has 0 unspecified atom stereocenters. The van der Waals surface area contributed by atoms with Crippen LogP contribution in [0.25, 0.3) is 0 Å². The Kier molecular flexibility index (Phi) is 4.17. The van der Waals surface area contributed by atoms with Crippen molar-refractivity contribution in [2.24, 2.45) is 0 Å². The van der Waals surface area contributed by atoms with Crippen LogP contribution in [-0.4, -0.2) is 22.5 Å². The molecule has 0 aliphatic heterocycles. The van der Waals surface area contributed by atoms with Gasteiger partial charge in [-0.1, -0.05) is 13.0 Å². The van der Waals surface area contributed by atoms with Gasteiger partial charge in [0.25, 0.3) is 0 Å². The number of carbonyl (C=O) groups is 1. The molecule has 2 aromatic heterocycles. The summed E-state index contributed by atoms with van der Waals surface area (Å²) in [7, 11) is 0. The summed E-state index contributed by atoms with van der Waals surface area (Å²) in [5, 5.41) is 11.1. The zero-order chi connectivity index (χ0) is 13.0. The molecule has 96 valence electrons. The van der Waals surface area contributed by atoms with E-state index in [1.165, 1.54) is 17.2 Å². The molecule has 0 radical (unpaired) electrons. The summed E-state index contributed by atoms with van der Waals surface area (Å²) in [5.41, 5.74) is 0.250. The number of nitrogens with zero attached hydrogens (tertiary/aromatic N) is 1. The van der Waals surface area contributed by atoms with Crippen LogP contribution in [0.15, 0.2) is 34.3 Å². The molecule has 1 N–H and O–H groups in total. The lowest BCUT2D eigenvalue weighted by Crippen LogP contribution is -2.22. The fourth-order valence-corrected chi connectivity index (χ4v) is 2.51. The van der Waals surface area contributed by atoms with E-state index in [2.05, 4.69) is 17.9 Å². The minimum absolute atomic E-state index is 0.250. The van der Waals surface area contributed by atoms with Gasteiger partial charge >= 0.3 is 5.97 Å². The van der Waals surface area contributed by atoms with Crippen LogP contribution in [0.2, 0.25) is 0 Å². The third-order valence-corrected chi connectivity index (χ3v) is 3.61. The number of thiophene rings is 1. The van der Waals surface area contributed by atoms with E-state index in [0.29, 0.717) is 12.3 Å². The molecule has 0 spiro atoms. The molecule has 0 amide bonds. The van der Waals surface area contributed by atoms with Gasteiger partial charge in [0, 0.05) is 11.4 Å². The second kappa shape index (κ2) is 5.84. The molecule has 4 nitrogen and oxygen atoms in total. The normalized spacial score (nSPS) is 11.0. The van der Waals surface area contributed by atoms with Crippen molar-refractivity contribution in [2.75, 3.05) is 6.54 Å².